The minimum atomic E-state index is -0.910. The molecule has 0 radical (unpaired) electrons. The third kappa shape index (κ3) is 7.03. The van der Waals surface area contributed by atoms with Gasteiger partial charge in [0.2, 0.25) is 0 Å². The molecule has 5 heteroatoms. The van der Waals surface area contributed by atoms with Crippen LogP contribution in [0.1, 0.15) is 58.8 Å². The zero-order valence-electron chi connectivity index (χ0n) is 12.0. The molecule has 1 rings (SSSR count). The highest BCUT2D eigenvalue weighted by Crippen LogP contribution is 2.25. The summed E-state index contributed by atoms with van der Waals surface area (Å²) in [4.78, 5) is 22.3. The first kappa shape index (κ1) is 15.8. The molecule has 1 aliphatic rings. The second-order valence-electron chi connectivity index (χ2n) is 6.13. The Bertz CT molecular complexity index is 310. The fourth-order valence-electron chi connectivity index (χ4n) is 2.64. The number of carbonyl (C=O) groups excluding carboxylic acids is 1. The van der Waals surface area contributed by atoms with Crippen molar-refractivity contribution in [1.82, 2.24) is 10.6 Å². The summed E-state index contributed by atoms with van der Waals surface area (Å²) >= 11 is 0. The molecule has 19 heavy (non-hydrogen) atoms. The van der Waals surface area contributed by atoms with E-state index in [-0.39, 0.29) is 12.5 Å². The van der Waals surface area contributed by atoms with Crippen molar-refractivity contribution in [2.45, 2.75) is 64.3 Å². The van der Waals surface area contributed by atoms with Crippen LogP contribution in [0.4, 0.5) is 4.79 Å². The normalized spacial score (nSPS) is 16.9. The van der Waals surface area contributed by atoms with Gasteiger partial charge in [-0.05, 0) is 26.2 Å². The molecule has 1 saturated carbocycles. The standard InChI is InChI=1S/C14H26N2O3/c1-14(2,10-12(17)18)16-13(19)15-9-8-11-6-4-3-5-7-11/h11H,3-10H2,1-2H3,(H,17,18)(H2,15,16,19). The number of hydrogen-bond donors (Lipinski definition) is 3. The molecular formula is C14H26N2O3. The molecule has 0 heterocycles. The van der Waals surface area contributed by atoms with Gasteiger partial charge in [-0.15, -0.1) is 0 Å². The number of nitrogens with one attached hydrogen (secondary N) is 2. The van der Waals surface area contributed by atoms with Gasteiger partial charge in [0.15, 0.2) is 0 Å². The monoisotopic (exact) mass is 270 g/mol. The van der Waals surface area contributed by atoms with Crippen molar-refractivity contribution in [3.63, 3.8) is 0 Å². The topological polar surface area (TPSA) is 78.4 Å². The number of carboxylic acids is 1. The average molecular weight is 270 g/mol. The molecule has 0 bridgehead atoms. The Balaban J connectivity index is 2.18. The van der Waals surface area contributed by atoms with Crippen LogP contribution < -0.4 is 10.6 Å². The number of carboxylic acid groups (broad SMARTS) is 1. The van der Waals surface area contributed by atoms with Gasteiger partial charge in [-0.25, -0.2) is 4.79 Å². The minimum absolute atomic E-state index is 0.0803. The number of amides is 2. The molecule has 1 aliphatic carbocycles. The highest BCUT2D eigenvalue weighted by molar-refractivity contribution is 5.76. The summed E-state index contributed by atoms with van der Waals surface area (Å²) in [5, 5.41) is 14.2. The van der Waals surface area contributed by atoms with Gasteiger partial charge in [0, 0.05) is 12.1 Å². The van der Waals surface area contributed by atoms with Crippen LogP contribution in [0, 0.1) is 5.92 Å². The second kappa shape index (κ2) is 7.36. The summed E-state index contributed by atoms with van der Waals surface area (Å²) in [6.45, 7) is 4.09. The van der Waals surface area contributed by atoms with Gasteiger partial charge >= 0.3 is 12.0 Å². The lowest BCUT2D eigenvalue weighted by molar-refractivity contribution is -0.138. The van der Waals surface area contributed by atoms with Crippen LogP contribution in [0.25, 0.3) is 0 Å². The average Bonchev–Trinajstić information content (AvgIpc) is 2.27. The summed E-state index contributed by atoms with van der Waals surface area (Å²) in [5.74, 6) is -0.173. The summed E-state index contributed by atoms with van der Waals surface area (Å²) in [6, 6.07) is -0.276. The Morgan fingerprint density at radius 3 is 2.42 bits per heavy atom. The van der Waals surface area contributed by atoms with Crippen molar-refractivity contribution in [2.24, 2.45) is 5.92 Å². The Morgan fingerprint density at radius 1 is 1.21 bits per heavy atom. The Morgan fingerprint density at radius 2 is 1.84 bits per heavy atom. The number of hydrogen-bond acceptors (Lipinski definition) is 2. The quantitative estimate of drug-likeness (QED) is 0.694. The smallest absolute Gasteiger partial charge is 0.315 e. The molecule has 110 valence electrons. The largest absolute Gasteiger partial charge is 0.481 e. The maximum absolute atomic E-state index is 11.7. The van der Waals surface area contributed by atoms with Gasteiger partial charge in [-0.1, -0.05) is 32.1 Å². The van der Waals surface area contributed by atoms with E-state index in [2.05, 4.69) is 10.6 Å². The predicted octanol–water partition coefficient (Wildman–Crippen LogP) is 2.51. The van der Waals surface area contributed by atoms with Crippen LogP contribution in [-0.4, -0.2) is 29.2 Å². The van der Waals surface area contributed by atoms with Gasteiger partial charge in [0.1, 0.15) is 0 Å². The SMILES string of the molecule is CC(C)(CC(=O)O)NC(=O)NCCC1CCCCC1. The molecule has 0 aromatic heterocycles. The maximum Gasteiger partial charge on any atom is 0.315 e. The Kier molecular flexibility index (Phi) is 6.12. The molecule has 5 nitrogen and oxygen atoms in total. The molecular weight excluding hydrogens is 244 g/mol. The first-order valence-corrected chi connectivity index (χ1v) is 7.17. The van der Waals surface area contributed by atoms with Crippen molar-refractivity contribution >= 4 is 12.0 Å². The third-order valence-electron chi connectivity index (χ3n) is 3.61. The van der Waals surface area contributed by atoms with Crippen molar-refractivity contribution in [2.75, 3.05) is 6.54 Å². The van der Waals surface area contributed by atoms with Crippen molar-refractivity contribution < 1.29 is 14.7 Å². The lowest BCUT2D eigenvalue weighted by atomic mass is 9.87. The van der Waals surface area contributed by atoms with Crippen molar-refractivity contribution in [3.05, 3.63) is 0 Å². The molecule has 0 spiro atoms. The van der Waals surface area contributed by atoms with E-state index in [1.165, 1.54) is 32.1 Å². The zero-order chi connectivity index (χ0) is 14.3. The maximum atomic E-state index is 11.7. The third-order valence-corrected chi connectivity index (χ3v) is 3.61. The van der Waals surface area contributed by atoms with E-state index in [0.717, 1.165) is 12.3 Å². The van der Waals surface area contributed by atoms with Crippen LogP contribution in [-0.2, 0) is 4.79 Å². The molecule has 2 amide bonds. The summed E-state index contributed by atoms with van der Waals surface area (Å²) in [6.07, 6.45) is 7.44. The van der Waals surface area contributed by atoms with E-state index in [9.17, 15) is 9.59 Å². The van der Waals surface area contributed by atoms with Gasteiger partial charge < -0.3 is 15.7 Å². The number of urea groups is 1. The van der Waals surface area contributed by atoms with Gasteiger partial charge in [-0.2, -0.15) is 0 Å². The van der Waals surface area contributed by atoms with Crippen LogP contribution >= 0.6 is 0 Å². The van der Waals surface area contributed by atoms with Crippen LogP contribution in [0.5, 0.6) is 0 Å². The molecule has 0 aromatic rings. The fourth-order valence-corrected chi connectivity index (χ4v) is 2.64. The molecule has 0 unspecified atom stereocenters. The Labute approximate surface area is 115 Å². The van der Waals surface area contributed by atoms with Crippen LogP contribution in [0.3, 0.4) is 0 Å². The molecule has 0 saturated heterocycles. The highest BCUT2D eigenvalue weighted by Gasteiger charge is 2.23. The van der Waals surface area contributed by atoms with Gasteiger partial charge in [0.25, 0.3) is 0 Å². The number of aliphatic carboxylic acids is 1. The zero-order valence-corrected chi connectivity index (χ0v) is 12.0. The lowest BCUT2D eigenvalue weighted by Gasteiger charge is -2.25. The number of carbonyl (C=O) groups is 2. The van der Waals surface area contributed by atoms with E-state index in [1.807, 2.05) is 0 Å². The fraction of sp³-hybridized carbons (Fsp3) is 0.857. The first-order chi connectivity index (χ1) is 8.89. The lowest BCUT2D eigenvalue weighted by Crippen LogP contribution is -2.49. The number of rotatable bonds is 6. The van der Waals surface area contributed by atoms with Crippen LogP contribution in [0.15, 0.2) is 0 Å². The summed E-state index contributed by atoms with van der Waals surface area (Å²) in [7, 11) is 0. The van der Waals surface area contributed by atoms with E-state index in [0.29, 0.717) is 6.54 Å². The van der Waals surface area contributed by atoms with Gasteiger partial charge in [-0.3, -0.25) is 4.79 Å². The van der Waals surface area contributed by atoms with Crippen molar-refractivity contribution in [3.8, 4) is 0 Å². The summed E-state index contributed by atoms with van der Waals surface area (Å²) in [5.41, 5.74) is -0.721. The van der Waals surface area contributed by atoms with E-state index in [1.54, 1.807) is 13.8 Å². The first-order valence-electron chi connectivity index (χ1n) is 7.17. The molecule has 0 aliphatic heterocycles. The second-order valence-corrected chi connectivity index (χ2v) is 6.13. The van der Waals surface area contributed by atoms with E-state index in [4.69, 9.17) is 5.11 Å². The van der Waals surface area contributed by atoms with Crippen LogP contribution in [0.2, 0.25) is 0 Å². The van der Waals surface area contributed by atoms with E-state index >= 15 is 0 Å². The van der Waals surface area contributed by atoms with E-state index < -0.39 is 11.5 Å². The molecule has 0 aromatic carbocycles. The van der Waals surface area contributed by atoms with Gasteiger partial charge in [0.05, 0.1) is 6.42 Å². The molecule has 0 atom stereocenters. The Hall–Kier alpha value is -1.26. The minimum Gasteiger partial charge on any atom is -0.481 e. The van der Waals surface area contributed by atoms with Crippen molar-refractivity contribution in [1.29, 1.82) is 0 Å². The highest BCUT2D eigenvalue weighted by atomic mass is 16.4. The molecule has 3 N–H and O–H groups in total. The molecule has 1 fully saturated rings. The predicted molar refractivity (Wildman–Crippen MR) is 74.1 cm³/mol. The summed E-state index contributed by atoms with van der Waals surface area (Å²) < 4.78 is 0.